The van der Waals surface area contributed by atoms with Crippen molar-refractivity contribution in [1.29, 1.82) is 10.5 Å². The highest BCUT2D eigenvalue weighted by molar-refractivity contribution is 7.27. The highest BCUT2D eigenvalue weighted by Gasteiger charge is 2.32. The van der Waals surface area contributed by atoms with Gasteiger partial charge in [-0.3, -0.25) is 0 Å². The van der Waals surface area contributed by atoms with Gasteiger partial charge in [0.05, 0.1) is 44.6 Å². The van der Waals surface area contributed by atoms with E-state index in [4.69, 9.17) is 0 Å². The first-order chi connectivity index (χ1) is 31.5. The van der Waals surface area contributed by atoms with E-state index >= 15 is 0 Å². The molecule has 0 spiro atoms. The Morgan fingerprint density at radius 2 is 0.766 bits per heavy atom. The molecule has 0 saturated heterocycles. The quantitative estimate of drug-likeness (QED) is 0.177. The van der Waals surface area contributed by atoms with E-state index in [1.54, 1.807) is 0 Å². The van der Waals surface area contributed by atoms with Gasteiger partial charge in [-0.1, -0.05) is 145 Å². The maximum atomic E-state index is 11.8. The van der Waals surface area contributed by atoms with E-state index in [1.165, 1.54) is 40.3 Å². The lowest BCUT2D eigenvalue weighted by Gasteiger charge is -2.25. The summed E-state index contributed by atoms with van der Waals surface area (Å²) in [5.74, 6) is 0. The van der Waals surface area contributed by atoms with Gasteiger partial charge in [-0.25, -0.2) is 0 Å². The molecule has 6 heteroatoms. The van der Waals surface area contributed by atoms with Crippen LogP contribution in [-0.2, 0) is 0 Å². The first-order valence-corrected chi connectivity index (χ1v) is 23.0. The van der Waals surface area contributed by atoms with Crippen LogP contribution >= 0.6 is 22.7 Å². The second-order valence-electron chi connectivity index (χ2n) is 16.7. The van der Waals surface area contributed by atoms with E-state index < -0.39 is 0 Å². The zero-order chi connectivity index (χ0) is 42.8. The molecule has 64 heavy (non-hydrogen) atoms. The molecule has 0 radical (unpaired) electrons. The summed E-state index contributed by atoms with van der Waals surface area (Å²) in [6.45, 7) is 4.16. The molecule has 0 aliphatic heterocycles. The fraction of sp³-hybridized carbons (Fsp3) is 0.0345. The molecule has 4 nitrogen and oxygen atoms in total. The highest BCUT2D eigenvalue weighted by Crippen LogP contribution is 2.51. The third kappa shape index (κ3) is 5.01. The molecule has 4 aromatic heterocycles. The minimum atomic E-state index is 0.450. The molecule has 0 atom stereocenters. The van der Waals surface area contributed by atoms with Crippen LogP contribution in [0.1, 0.15) is 22.3 Å². The van der Waals surface area contributed by atoms with Gasteiger partial charge in [0.2, 0.25) is 0 Å². The molecule has 0 aliphatic carbocycles. The Labute approximate surface area is 375 Å². The number of rotatable bonds is 4. The van der Waals surface area contributed by atoms with Crippen LogP contribution in [0, 0.1) is 36.5 Å². The van der Waals surface area contributed by atoms with Crippen molar-refractivity contribution in [2.45, 2.75) is 13.8 Å². The smallest absolute Gasteiger partial charge is 0.102 e. The maximum Gasteiger partial charge on any atom is 0.102 e. The standard InChI is InChI=1S/C58H34N4S2/c1-33-19-23-35(24-20-33)51-43(31-59)55(61-45-15-7-3-13-41(45)53-47(61)29-27-39-37-11-5-9-17-49(37)63-57(39)53)52(36-25-21-34(2)22-26-36)56(44(51)32-60)62-46-16-8-4-14-42(46)54-48(62)30-28-40-38-12-6-10-18-50(38)64-58(40)54/h3-30H,1-2H3. The third-order valence-electron chi connectivity index (χ3n) is 13.2. The van der Waals surface area contributed by atoms with Gasteiger partial charge in [-0.15, -0.1) is 22.7 Å². The van der Waals surface area contributed by atoms with Crippen molar-refractivity contribution in [2.75, 3.05) is 0 Å². The Hall–Kier alpha value is -8.00. The molecule has 0 fully saturated rings. The predicted octanol–water partition coefficient (Wildman–Crippen LogP) is 16.3. The summed E-state index contributed by atoms with van der Waals surface area (Å²) in [5, 5.41) is 33.1. The van der Waals surface area contributed by atoms with Crippen LogP contribution in [0.5, 0.6) is 0 Å². The van der Waals surface area contributed by atoms with Gasteiger partial charge in [0.15, 0.2) is 0 Å². The SMILES string of the molecule is Cc1ccc(-c2c(C#N)c(-n3c4ccccc4c4c5sc6ccccc6c5ccc43)c(-c3ccc(C)cc3)c(-n3c4ccccc4c4c5sc6ccccc6c5ccc43)c2C#N)cc1. The molecule has 0 unspecified atom stereocenters. The normalized spacial score (nSPS) is 11.9. The first kappa shape index (κ1) is 36.6. The van der Waals surface area contributed by atoms with E-state index in [-0.39, 0.29) is 0 Å². The molecule has 0 bridgehead atoms. The maximum absolute atomic E-state index is 11.8. The molecule has 0 amide bonds. The summed E-state index contributed by atoms with van der Waals surface area (Å²) in [4.78, 5) is 0. The summed E-state index contributed by atoms with van der Waals surface area (Å²) < 4.78 is 9.55. The fourth-order valence-electron chi connectivity index (χ4n) is 10.3. The Morgan fingerprint density at radius 3 is 1.20 bits per heavy atom. The van der Waals surface area contributed by atoms with Crippen molar-refractivity contribution >= 4 is 107 Å². The Balaban J connectivity index is 1.30. The number of fused-ring (bicyclic) bond motifs is 14. The van der Waals surface area contributed by atoms with Crippen LogP contribution in [0.3, 0.4) is 0 Å². The van der Waals surface area contributed by atoms with Gasteiger partial charge < -0.3 is 9.13 Å². The van der Waals surface area contributed by atoms with Crippen molar-refractivity contribution in [3.05, 3.63) is 192 Å². The summed E-state index contributed by atoms with van der Waals surface area (Å²) in [6.07, 6.45) is 0. The number of aryl methyl sites for hydroxylation is 2. The Bertz CT molecular complexity index is 3990. The summed E-state index contributed by atoms with van der Waals surface area (Å²) in [7, 11) is 0. The molecule has 0 N–H and O–H groups in total. The zero-order valence-corrected chi connectivity index (χ0v) is 36.4. The first-order valence-electron chi connectivity index (χ1n) is 21.4. The zero-order valence-electron chi connectivity index (χ0n) is 34.8. The van der Waals surface area contributed by atoms with Crippen LogP contribution < -0.4 is 0 Å². The van der Waals surface area contributed by atoms with Crippen molar-refractivity contribution in [1.82, 2.24) is 9.13 Å². The van der Waals surface area contributed by atoms with Gasteiger partial charge in [0, 0.05) is 73.0 Å². The number of hydrogen-bond acceptors (Lipinski definition) is 4. The van der Waals surface area contributed by atoms with E-state index in [0.717, 1.165) is 82.8 Å². The Morgan fingerprint density at radius 1 is 0.375 bits per heavy atom. The van der Waals surface area contributed by atoms with Gasteiger partial charge in [-0.2, -0.15) is 10.5 Å². The molecular formula is C58H34N4S2. The van der Waals surface area contributed by atoms with Crippen molar-refractivity contribution < 1.29 is 0 Å². The second-order valence-corrected chi connectivity index (χ2v) is 18.8. The van der Waals surface area contributed by atoms with Gasteiger partial charge in [0.25, 0.3) is 0 Å². The monoisotopic (exact) mass is 850 g/mol. The minimum Gasteiger partial charge on any atom is -0.307 e. The molecule has 9 aromatic carbocycles. The van der Waals surface area contributed by atoms with Crippen molar-refractivity contribution in [3.63, 3.8) is 0 Å². The molecule has 0 aliphatic rings. The largest absolute Gasteiger partial charge is 0.307 e. The number of para-hydroxylation sites is 2. The topological polar surface area (TPSA) is 57.4 Å². The Kier molecular flexibility index (Phi) is 7.87. The predicted molar refractivity (Wildman–Crippen MR) is 271 cm³/mol. The number of nitrogens with zero attached hydrogens (tertiary/aromatic N) is 4. The van der Waals surface area contributed by atoms with E-state index in [9.17, 15) is 10.5 Å². The second kappa shape index (κ2) is 13.8. The number of benzene rings is 9. The molecule has 13 aromatic rings. The number of nitriles is 2. The van der Waals surface area contributed by atoms with Gasteiger partial charge in [-0.05, 0) is 61.4 Å². The van der Waals surface area contributed by atoms with Crippen molar-refractivity contribution in [3.8, 4) is 45.8 Å². The lowest BCUT2D eigenvalue weighted by Crippen LogP contribution is -2.11. The summed E-state index contributed by atoms with van der Waals surface area (Å²) in [5.41, 5.74) is 11.8. The van der Waals surface area contributed by atoms with Crippen molar-refractivity contribution in [2.24, 2.45) is 0 Å². The molecule has 0 saturated carbocycles. The lowest BCUT2D eigenvalue weighted by molar-refractivity contribution is 1.12. The summed E-state index contributed by atoms with van der Waals surface area (Å²) >= 11 is 3.63. The van der Waals surface area contributed by atoms with Gasteiger partial charge >= 0.3 is 0 Å². The molecular weight excluding hydrogens is 817 g/mol. The molecule has 4 heterocycles. The number of thiophene rings is 2. The average Bonchev–Trinajstić information content (AvgIpc) is 4.09. The van der Waals surface area contributed by atoms with Crippen LogP contribution in [0.25, 0.3) is 118 Å². The minimum absolute atomic E-state index is 0.450. The van der Waals surface area contributed by atoms with E-state index in [2.05, 4.69) is 205 Å². The van der Waals surface area contributed by atoms with E-state index in [1.807, 2.05) is 22.7 Å². The highest BCUT2D eigenvalue weighted by atomic mass is 32.1. The third-order valence-corrected chi connectivity index (χ3v) is 15.6. The lowest BCUT2D eigenvalue weighted by atomic mass is 9.86. The van der Waals surface area contributed by atoms with Crippen LogP contribution in [0.15, 0.2) is 170 Å². The van der Waals surface area contributed by atoms with Gasteiger partial charge in [0.1, 0.15) is 12.1 Å². The molecule has 298 valence electrons. The number of hydrogen-bond donors (Lipinski definition) is 0. The van der Waals surface area contributed by atoms with Crippen LogP contribution in [-0.4, -0.2) is 9.13 Å². The van der Waals surface area contributed by atoms with Crippen LogP contribution in [0.4, 0.5) is 0 Å². The summed E-state index contributed by atoms with van der Waals surface area (Å²) in [6, 6.07) is 65.8. The van der Waals surface area contributed by atoms with Crippen LogP contribution in [0.2, 0.25) is 0 Å². The fourth-order valence-corrected chi connectivity index (χ4v) is 12.9. The number of aromatic nitrogens is 2. The average molecular weight is 851 g/mol. The van der Waals surface area contributed by atoms with E-state index in [0.29, 0.717) is 16.7 Å². The molecule has 13 rings (SSSR count).